The van der Waals surface area contributed by atoms with Gasteiger partial charge in [0.15, 0.2) is 0 Å². The molecule has 0 fully saturated rings. The molecule has 0 unspecified atom stereocenters. The molecule has 2 aromatic carbocycles. The SMILES string of the molecule is CCCN1C(=O)C(Nc2ccccc2)=C(c2ccccc2OC)C1=O. The van der Waals surface area contributed by atoms with E-state index in [4.69, 9.17) is 4.74 Å². The van der Waals surface area contributed by atoms with Crippen molar-refractivity contribution in [1.29, 1.82) is 0 Å². The Morgan fingerprint density at radius 3 is 2.32 bits per heavy atom. The van der Waals surface area contributed by atoms with Gasteiger partial charge in [-0.1, -0.05) is 43.3 Å². The maximum absolute atomic E-state index is 12.9. The van der Waals surface area contributed by atoms with Gasteiger partial charge < -0.3 is 10.1 Å². The van der Waals surface area contributed by atoms with Gasteiger partial charge in [0, 0.05) is 17.8 Å². The number of hydrogen-bond donors (Lipinski definition) is 1. The van der Waals surface area contributed by atoms with Gasteiger partial charge in [0.1, 0.15) is 11.4 Å². The van der Waals surface area contributed by atoms with E-state index in [0.29, 0.717) is 29.9 Å². The van der Waals surface area contributed by atoms with Crippen LogP contribution in [0.4, 0.5) is 5.69 Å². The van der Waals surface area contributed by atoms with Gasteiger partial charge in [0.2, 0.25) is 0 Å². The van der Waals surface area contributed by atoms with Crippen LogP contribution >= 0.6 is 0 Å². The summed E-state index contributed by atoms with van der Waals surface area (Å²) < 4.78 is 5.39. The van der Waals surface area contributed by atoms with Crippen molar-refractivity contribution in [1.82, 2.24) is 4.90 Å². The normalized spacial score (nSPS) is 14.2. The van der Waals surface area contributed by atoms with Crippen molar-refractivity contribution in [3.63, 3.8) is 0 Å². The summed E-state index contributed by atoms with van der Waals surface area (Å²) in [6, 6.07) is 16.6. The van der Waals surface area contributed by atoms with E-state index in [-0.39, 0.29) is 17.5 Å². The second-order valence-electron chi connectivity index (χ2n) is 5.70. The monoisotopic (exact) mass is 336 g/mol. The van der Waals surface area contributed by atoms with Gasteiger partial charge in [-0.05, 0) is 24.6 Å². The molecule has 0 atom stereocenters. The second-order valence-corrected chi connectivity index (χ2v) is 5.70. The second kappa shape index (κ2) is 7.21. The van der Waals surface area contributed by atoms with Crippen molar-refractivity contribution in [3.05, 3.63) is 65.9 Å². The number of para-hydroxylation sites is 2. The summed E-state index contributed by atoms with van der Waals surface area (Å²) in [6.45, 7) is 2.32. The molecule has 2 aromatic rings. The van der Waals surface area contributed by atoms with Crippen molar-refractivity contribution in [2.45, 2.75) is 13.3 Å². The lowest BCUT2D eigenvalue weighted by Gasteiger charge is -2.14. The zero-order valence-corrected chi connectivity index (χ0v) is 14.3. The van der Waals surface area contributed by atoms with Gasteiger partial charge >= 0.3 is 0 Å². The van der Waals surface area contributed by atoms with Crippen LogP contribution < -0.4 is 10.1 Å². The maximum Gasteiger partial charge on any atom is 0.278 e. The molecule has 0 aliphatic carbocycles. The van der Waals surface area contributed by atoms with Gasteiger partial charge in [-0.2, -0.15) is 0 Å². The highest BCUT2D eigenvalue weighted by Crippen LogP contribution is 2.35. The zero-order valence-electron chi connectivity index (χ0n) is 14.3. The predicted molar refractivity (Wildman–Crippen MR) is 97.0 cm³/mol. The van der Waals surface area contributed by atoms with E-state index in [9.17, 15) is 9.59 Å². The lowest BCUT2D eigenvalue weighted by molar-refractivity contribution is -0.136. The summed E-state index contributed by atoms with van der Waals surface area (Å²) in [6.07, 6.45) is 0.704. The third kappa shape index (κ3) is 3.13. The number of imide groups is 1. The van der Waals surface area contributed by atoms with Gasteiger partial charge in [-0.3, -0.25) is 14.5 Å². The highest BCUT2D eigenvalue weighted by Gasteiger charge is 2.39. The Morgan fingerprint density at radius 2 is 1.64 bits per heavy atom. The Hall–Kier alpha value is -3.08. The average Bonchev–Trinajstić information content (AvgIpc) is 2.87. The average molecular weight is 336 g/mol. The van der Waals surface area contributed by atoms with Crippen molar-refractivity contribution in [3.8, 4) is 5.75 Å². The first kappa shape index (κ1) is 16.8. The minimum absolute atomic E-state index is 0.286. The molecule has 1 heterocycles. The van der Waals surface area contributed by atoms with Gasteiger partial charge in [0.25, 0.3) is 11.8 Å². The van der Waals surface area contributed by atoms with Gasteiger partial charge in [0.05, 0.1) is 12.7 Å². The Labute approximate surface area is 146 Å². The van der Waals surface area contributed by atoms with E-state index in [1.165, 1.54) is 4.90 Å². The van der Waals surface area contributed by atoms with Crippen molar-refractivity contribution < 1.29 is 14.3 Å². The van der Waals surface area contributed by atoms with Crippen LogP contribution in [0.3, 0.4) is 0 Å². The molecule has 25 heavy (non-hydrogen) atoms. The molecule has 1 N–H and O–H groups in total. The maximum atomic E-state index is 12.9. The standard InChI is InChI=1S/C20H20N2O3/c1-3-13-22-19(23)17(15-11-7-8-12-16(15)25-2)18(20(22)24)21-14-9-5-4-6-10-14/h4-12,21H,3,13H2,1-2H3. The van der Waals surface area contributed by atoms with Crippen LogP contribution in [0.15, 0.2) is 60.3 Å². The molecule has 5 nitrogen and oxygen atoms in total. The highest BCUT2D eigenvalue weighted by molar-refractivity contribution is 6.37. The van der Waals surface area contributed by atoms with Crippen LogP contribution in [-0.2, 0) is 9.59 Å². The van der Waals surface area contributed by atoms with Crippen LogP contribution in [0, 0.1) is 0 Å². The van der Waals surface area contributed by atoms with E-state index in [1.54, 1.807) is 19.2 Å². The van der Waals surface area contributed by atoms with E-state index in [0.717, 1.165) is 5.69 Å². The molecular formula is C20H20N2O3. The third-order valence-electron chi connectivity index (χ3n) is 4.03. The fourth-order valence-electron chi connectivity index (χ4n) is 2.89. The van der Waals surface area contributed by atoms with E-state index in [1.807, 2.05) is 49.4 Å². The highest BCUT2D eigenvalue weighted by atomic mass is 16.5. The zero-order chi connectivity index (χ0) is 17.8. The van der Waals surface area contributed by atoms with E-state index in [2.05, 4.69) is 5.32 Å². The summed E-state index contributed by atoms with van der Waals surface area (Å²) in [5, 5.41) is 3.12. The number of carbonyl (C=O) groups is 2. The molecule has 0 saturated carbocycles. The number of methoxy groups -OCH3 is 1. The molecule has 0 saturated heterocycles. The number of ether oxygens (including phenoxy) is 1. The quantitative estimate of drug-likeness (QED) is 0.822. The topological polar surface area (TPSA) is 58.6 Å². The lowest BCUT2D eigenvalue weighted by Crippen LogP contribution is -2.33. The summed E-state index contributed by atoms with van der Waals surface area (Å²) in [5.41, 5.74) is 2.00. The minimum atomic E-state index is -0.309. The molecule has 0 spiro atoms. The van der Waals surface area contributed by atoms with E-state index >= 15 is 0 Å². The van der Waals surface area contributed by atoms with E-state index < -0.39 is 0 Å². The molecule has 0 bridgehead atoms. The third-order valence-corrected chi connectivity index (χ3v) is 4.03. The van der Waals surface area contributed by atoms with Crippen molar-refractivity contribution in [2.75, 3.05) is 19.0 Å². The lowest BCUT2D eigenvalue weighted by atomic mass is 10.0. The number of rotatable bonds is 6. The molecule has 1 aliphatic rings. The van der Waals surface area contributed by atoms with Crippen molar-refractivity contribution >= 4 is 23.1 Å². The van der Waals surface area contributed by atoms with Crippen molar-refractivity contribution in [2.24, 2.45) is 0 Å². The Kier molecular flexibility index (Phi) is 4.84. The summed E-state index contributed by atoms with van der Waals surface area (Å²) in [7, 11) is 1.55. The van der Waals surface area contributed by atoms with Crippen LogP contribution in [0.25, 0.3) is 5.57 Å². The minimum Gasteiger partial charge on any atom is -0.496 e. The fourth-order valence-corrected chi connectivity index (χ4v) is 2.89. The smallest absolute Gasteiger partial charge is 0.278 e. The molecule has 5 heteroatoms. The fraction of sp³-hybridized carbons (Fsp3) is 0.200. The first-order valence-electron chi connectivity index (χ1n) is 8.23. The number of nitrogens with one attached hydrogen (secondary N) is 1. The Morgan fingerprint density at radius 1 is 0.960 bits per heavy atom. The van der Waals surface area contributed by atoms with Crippen LogP contribution in [0.2, 0.25) is 0 Å². The first-order valence-corrected chi connectivity index (χ1v) is 8.23. The molecule has 128 valence electrons. The summed E-state index contributed by atoms with van der Waals surface area (Å²) >= 11 is 0. The molecule has 0 aromatic heterocycles. The molecule has 3 rings (SSSR count). The molecule has 1 aliphatic heterocycles. The van der Waals surface area contributed by atoms with Gasteiger partial charge in [-0.15, -0.1) is 0 Å². The number of anilines is 1. The molecular weight excluding hydrogens is 316 g/mol. The van der Waals surface area contributed by atoms with Crippen LogP contribution in [0.5, 0.6) is 5.75 Å². The number of hydrogen-bond acceptors (Lipinski definition) is 4. The number of benzene rings is 2. The Balaban J connectivity index is 2.12. The molecule has 0 radical (unpaired) electrons. The largest absolute Gasteiger partial charge is 0.496 e. The summed E-state index contributed by atoms with van der Waals surface area (Å²) in [4.78, 5) is 27.0. The number of amides is 2. The number of nitrogens with zero attached hydrogens (tertiary/aromatic N) is 1. The Bertz CT molecular complexity index is 828. The van der Waals surface area contributed by atoms with Gasteiger partial charge in [-0.25, -0.2) is 0 Å². The summed E-state index contributed by atoms with van der Waals surface area (Å²) in [5.74, 6) is -0.0456. The number of carbonyl (C=O) groups excluding carboxylic acids is 2. The predicted octanol–water partition coefficient (Wildman–Crippen LogP) is 3.30. The first-order chi connectivity index (χ1) is 12.2. The molecule has 2 amide bonds. The van der Waals surface area contributed by atoms with Crippen LogP contribution in [-0.4, -0.2) is 30.4 Å². The van der Waals surface area contributed by atoms with Crippen LogP contribution in [0.1, 0.15) is 18.9 Å².